The van der Waals surface area contributed by atoms with Gasteiger partial charge in [-0.2, -0.15) is 0 Å². The average molecular weight is 246 g/mol. The summed E-state index contributed by atoms with van der Waals surface area (Å²) in [6, 6.07) is 8.51. The fourth-order valence-electron chi connectivity index (χ4n) is 2.26. The zero-order valence-corrected chi connectivity index (χ0v) is 11.2. The number of benzene rings is 1. The molecule has 18 heavy (non-hydrogen) atoms. The summed E-state index contributed by atoms with van der Waals surface area (Å²) in [6.07, 6.45) is 2.52. The molecule has 1 heterocycles. The Kier molecular flexibility index (Phi) is 4.24. The van der Waals surface area contributed by atoms with E-state index in [1.54, 1.807) is 0 Å². The summed E-state index contributed by atoms with van der Waals surface area (Å²) in [4.78, 5) is 11.8. The number of amides is 1. The Bertz CT molecular complexity index is 415. The SMILES string of the molecule is CC(C)CCC(=O)NC1CNc2ccccc2C1. The maximum atomic E-state index is 11.8. The molecular weight excluding hydrogens is 224 g/mol. The third-order valence-electron chi connectivity index (χ3n) is 3.34. The number of anilines is 1. The van der Waals surface area contributed by atoms with Crippen molar-refractivity contribution in [1.29, 1.82) is 0 Å². The molecule has 1 amide bonds. The van der Waals surface area contributed by atoms with Crippen LogP contribution in [0.4, 0.5) is 5.69 Å². The minimum Gasteiger partial charge on any atom is -0.383 e. The van der Waals surface area contributed by atoms with Gasteiger partial charge in [-0.05, 0) is 30.4 Å². The van der Waals surface area contributed by atoms with Crippen molar-refractivity contribution in [2.24, 2.45) is 5.92 Å². The van der Waals surface area contributed by atoms with E-state index in [0.29, 0.717) is 12.3 Å². The largest absolute Gasteiger partial charge is 0.383 e. The molecule has 0 spiro atoms. The fourth-order valence-corrected chi connectivity index (χ4v) is 2.26. The number of rotatable bonds is 4. The van der Waals surface area contributed by atoms with E-state index >= 15 is 0 Å². The van der Waals surface area contributed by atoms with Crippen LogP contribution in [-0.4, -0.2) is 18.5 Å². The molecule has 0 radical (unpaired) electrons. The summed E-state index contributed by atoms with van der Waals surface area (Å²) < 4.78 is 0. The van der Waals surface area contributed by atoms with Gasteiger partial charge in [-0.15, -0.1) is 0 Å². The minimum absolute atomic E-state index is 0.176. The number of para-hydroxylation sites is 1. The molecule has 0 aromatic heterocycles. The van der Waals surface area contributed by atoms with E-state index in [1.807, 2.05) is 12.1 Å². The van der Waals surface area contributed by atoms with E-state index in [1.165, 1.54) is 11.3 Å². The maximum absolute atomic E-state index is 11.8. The van der Waals surface area contributed by atoms with Gasteiger partial charge < -0.3 is 10.6 Å². The van der Waals surface area contributed by atoms with E-state index in [0.717, 1.165) is 19.4 Å². The summed E-state index contributed by atoms with van der Waals surface area (Å²) in [7, 11) is 0. The third-order valence-corrected chi connectivity index (χ3v) is 3.34. The molecule has 1 aliphatic rings. The van der Waals surface area contributed by atoms with Gasteiger partial charge in [0.2, 0.25) is 5.91 Å². The quantitative estimate of drug-likeness (QED) is 0.857. The van der Waals surface area contributed by atoms with Gasteiger partial charge >= 0.3 is 0 Å². The van der Waals surface area contributed by atoms with E-state index < -0.39 is 0 Å². The first kappa shape index (κ1) is 12.9. The van der Waals surface area contributed by atoms with Crippen molar-refractivity contribution < 1.29 is 4.79 Å². The summed E-state index contributed by atoms with van der Waals surface area (Å²) in [5, 5.41) is 6.48. The van der Waals surface area contributed by atoms with Gasteiger partial charge in [-0.3, -0.25) is 4.79 Å². The molecule has 1 aromatic carbocycles. The van der Waals surface area contributed by atoms with Crippen LogP contribution in [0.25, 0.3) is 0 Å². The van der Waals surface area contributed by atoms with Crippen molar-refractivity contribution in [3.8, 4) is 0 Å². The molecule has 0 bridgehead atoms. The Morgan fingerprint density at radius 2 is 2.22 bits per heavy atom. The molecule has 1 aromatic rings. The molecular formula is C15H22N2O. The van der Waals surface area contributed by atoms with Crippen molar-refractivity contribution in [3.05, 3.63) is 29.8 Å². The lowest BCUT2D eigenvalue weighted by Crippen LogP contribution is -2.43. The van der Waals surface area contributed by atoms with Crippen LogP contribution in [0.5, 0.6) is 0 Å². The zero-order chi connectivity index (χ0) is 13.0. The van der Waals surface area contributed by atoms with E-state index in [-0.39, 0.29) is 11.9 Å². The van der Waals surface area contributed by atoms with Gasteiger partial charge in [0.25, 0.3) is 0 Å². The number of carbonyl (C=O) groups excluding carboxylic acids is 1. The first-order chi connectivity index (χ1) is 8.65. The second-order valence-electron chi connectivity index (χ2n) is 5.44. The maximum Gasteiger partial charge on any atom is 0.220 e. The first-order valence-corrected chi connectivity index (χ1v) is 6.76. The van der Waals surface area contributed by atoms with Crippen LogP contribution in [-0.2, 0) is 11.2 Å². The molecule has 1 aliphatic heterocycles. The summed E-state index contributed by atoms with van der Waals surface area (Å²) in [5.41, 5.74) is 2.49. The van der Waals surface area contributed by atoms with E-state index in [2.05, 4.69) is 36.6 Å². The lowest BCUT2D eigenvalue weighted by Gasteiger charge is -2.27. The highest BCUT2D eigenvalue weighted by Gasteiger charge is 2.19. The number of fused-ring (bicyclic) bond motifs is 1. The third kappa shape index (κ3) is 3.49. The summed E-state index contributed by atoms with van der Waals surface area (Å²) >= 11 is 0. The van der Waals surface area contributed by atoms with Crippen molar-refractivity contribution in [1.82, 2.24) is 5.32 Å². The van der Waals surface area contributed by atoms with Gasteiger partial charge in [0, 0.05) is 18.7 Å². The minimum atomic E-state index is 0.176. The van der Waals surface area contributed by atoms with E-state index in [4.69, 9.17) is 0 Å². The number of nitrogens with one attached hydrogen (secondary N) is 2. The number of carbonyl (C=O) groups is 1. The lowest BCUT2D eigenvalue weighted by molar-refractivity contribution is -0.122. The van der Waals surface area contributed by atoms with Gasteiger partial charge in [0.15, 0.2) is 0 Å². The zero-order valence-electron chi connectivity index (χ0n) is 11.2. The van der Waals surface area contributed by atoms with Crippen LogP contribution in [0.3, 0.4) is 0 Å². The molecule has 1 atom stereocenters. The molecule has 98 valence electrons. The lowest BCUT2D eigenvalue weighted by atomic mass is 9.99. The van der Waals surface area contributed by atoms with Crippen LogP contribution < -0.4 is 10.6 Å². The Morgan fingerprint density at radius 3 is 3.00 bits per heavy atom. The Morgan fingerprint density at radius 1 is 1.44 bits per heavy atom. The van der Waals surface area contributed by atoms with Gasteiger partial charge in [-0.1, -0.05) is 32.0 Å². The fraction of sp³-hybridized carbons (Fsp3) is 0.533. The Balaban J connectivity index is 1.84. The van der Waals surface area contributed by atoms with Crippen LogP contribution >= 0.6 is 0 Å². The highest BCUT2D eigenvalue weighted by molar-refractivity contribution is 5.76. The molecule has 0 saturated heterocycles. The highest BCUT2D eigenvalue weighted by Crippen LogP contribution is 2.21. The smallest absolute Gasteiger partial charge is 0.220 e. The van der Waals surface area contributed by atoms with Crippen LogP contribution in [0.2, 0.25) is 0 Å². The predicted octanol–water partition coefficient (Wildman–Crippen LogP) is 2.58. The highest BCUT2D eigenvalue weighted by atomic mass is 16.1. The Labute approximate surface area is 109 Å². The molecule has 0 aliphatic carbocycles. The van der Waals surface area contributed by atoms with Crippen molar-refractivity contribution in [2.45, 2.75) is 39.2 Å². The molecule has 3 heteroatoms. The van der Waals surface area contributed by atoms with Gasteiger partial charge in [-0.25, -0.2) is 0 Å². The number of hydrogen-bond donors (Lipinski definition) is 2. The van der Waals surface area contributed by atoms with Crippen molar-refractivity contribution in [2.75, 3.05) is 11.9 Å². The number of hydrogen-bond acceptors (Lipinski definition) is 2. The van der Waals surface area contributed by atoms with Crippen LogP contribution in [0.15, 0.2) is 24.3 Å². The molecule has 2 N–H and O–H groups in total. The summed E-state index contributed by atoms with van der Waals surface area (Å²) in [5.74, 6) is 0.760. The average Bonchev–Trinajstić information content (AvgIpc) is 2.36. The monoisotopic (exact) mass is 246 g/mol. The van der Waals surface area contributed by atoms with Gasteiger partial charge in [0.1, 0.15) is 0 Å². The molecule has 0 fully saturated rings. The molecule has 2 rings (SSSR count). The molecule has 0 saturated carbocycles. The normalized spacial score (nSPS) is 18.1. The van der Waals surface area contributed by atoms with Crippen molar-refractivity contribution in [3.63, 3.8) is 0 Å². The summed E-state index contributed by atoms with van der Waals surface area (Å²) in [6.45, 7) is 5.11. The van der Waals surface area contributed by atoms with Gasteiger partial charge in [0.05, 0.1) is 6.04 Å². The van der Waals surface area contributed by atoms with Crippen molar-refractivity contribution >= 4 is 11.6 Å². The Hall–Kier alpha value is -1.51. The topological polar surface area (TPSA) is 41.1 Å². The second-order valence-corrected chi connectivity index (χ2v) is 5.44. The predicted molar refractivity (Wildman–Crippen MR) is 74.6 cm³/mol. The molecule has 1 unspecified atom stereocenters. The van der Waals surface area contributed by atoms with E-state index in [9.17, 15) is 4.79 Å². The van der Waals surface area contributed by atoms with Crippen LogP contribution in [0.1, 0.15) is 32.3 Å². The van der Waals surface area contributed by atoms with Crippen LogP contribution in [0, 0.1) is 5.92 Å². The molecule has 3 nitrogen and oxygen atoms in total. The second kappa shape index (κ2) is 5.89. The standard InChI is InChI=1S/C15H22N2O/c1-11(2)7-8-15(18)17-13-9-12-5-3-4-6-14(12)16-10-13/h3-6,11,13,16H,7-10H2,1-2H3,(H,17,18). The first-order valence-electron chi connectivity index (χ1n) is 6.76.